The van der Waals surface area contributed by atoms with Crippen molar-refractivity contribution in [2.24, 2.45) is 0 Å². The lowest BCUT2D eigenvalue weighted by Gasteiger charge is -2.26. The van der Waals surface area contributed by atoms with E-state index in [0.717, 1.165) is 23.9 Å². The Morgan fingerprint density at radius 3 is 2.52 bits per heavy atom. The van der Waals surface area contributed by atoms with Crippen molar-refractivity contribution >= 4 is 15.8 Å². The van der Waals surface area contributed by atoms with Gasteiger partial charge in [0.25, 0.3) is 5.56 Å². The Morgan fingerprint density at radius 1 is 1.30 bits per heavy atom. The van der Waals surface area contributed by atoms with E-state index in [0.29, 0.717) is 24.6 Å². The molecule has 0 radical (unpaired) electrons. The Kier molecular flexibility index (Phi) is 5.39. The van der Waals surface area contributed by atoms with E-state index in [4.69, 9.17) is 4.98 Å². The first kappa shape index (κ1) is 19.6. The molecule has 1 aliphatic rings. The SMILES string of the molecule is CCC1Cc2c(nc(NC(C)C)n(-c3ccc(S(C)(=O)=O)cc3)c2=O)CN1. The smallest absolute Gasteiger partial charge is 0.263 e. The maximum absolute atomic E-state index is 13.3. The molecule has 0 saturated heterocycles. The normalized spacial score (nSPS) is 17.0. The summed E-state index contributed by atoms with van der Waals surface area (Å²) < 4.78 is 25.0. The highest BCUT2D eigenvalue weighted by Gasteiger charge is 2.24. The first-order valence-corrected chi connectivity index (χ1v) is 11.0. The van der Waals surface area contributed by atoms with Crippen molar-refractivity contribution in [3.8, 4) is 5.69 Å². The van der Waals surface area contributed by atoms with Crippen molar-refractivity contribution in [1.29, 1.82) is 0 Å². The van der Waals surface area contributed by atoms with Crippen LogP contribution in [0.25, 0.3) is 5.69 Å². The molecule has 1 aliphatic heterocycles. The fraction of sp³-hybridized carbons (Fsp3) is 0.474. The summed E-state index contributed by atoms with van der Waals surface area (Å²) in [7, 11) is -3.29. The molecule has 7 nitrogen and oxygen atoms in total. The lowest BCUT2D eigenvalue weighted by Crippen LogP contribution is -2.41. The van der Waals surface area contributed by atoms with E-state index in [1.165, 1.54) is 12.1 Å². The molecule has 0 amide bonds. The second-order valence-corrected chi connectivity index (χ2v) is 9.27. The van der Waals surface area contributed by atoms with Gasteiger partial charge in [-0.05, 0) is 51.0 Å². The van der Waals surface area contributed by atoms with E-state index in [2.05, 4.69) is 17.6 Å². The van der Waals surface area contributed by atoms with Crippen molar-refractivity contribution in [3.05, 3.63) is 45.9 Å². The number of fused-ring (bicyclic) bond motifs is 1. The predicted octanol–water partition coefficient (Wildman–Crippen LogP) is 1.88. The molecule has 3 rings (SSSR count). The summed E-state index contributed by atoms with van der Waals surface area (Å²) in [6, 6.07) is 6.69. The molecule has 1 unspecified atom stereocenters. The minimum absolute atomic E-state index is 0.0939. The summed E-state index contributed by atoms with van der Waals surface area (Å²) in [5.74, 6) is 0.470. The van der Waals surface area contributed by atoms with Crippen LogP contribution in [0.2, 0.25) is 0 Å². The Morgan fingerprint density at radius 2 is 1.96 bits per heavy atom. The van der Waals surface area contributed by atoms with Gasteiger partial charge in [0, 0.05) is 30.4 Å². The van der Waals surface area contributed by atoms with Gasteiger partial charge in [0.2, 0.25) is 5.95 Å². The molecule has 8 heteroatoms. The molecule has 1 aromatic carbocycles. The van der Waals surface area contributed by atoms with Gasteiger partial charge < -0.3 is 10.6 Å². The Labute approximate surface area is 159 Å². The molecule has 146 valence electrons. The van der Waals surface area contributed by atoms with Crippen LogP contribution in [0.5, 0.6) is 0 Å². The van der Waals surface area contributed by atoms with Crippen LogP contribution in [0.3, 0.4) is 0 Å². The molecule has 0 fully saturated rings. The zero-order valence-electron chi connectivity index (χ0n) is 16.1. The number of benzene rings is 1. The molecule has 0 saturated carbocycles. The lowest BCUT2D eigenvalue weighted by atomic mass is 9.99. The van der Waals surface area contributed by atoms with Crippen molar-refractivity contribution in [2.45, 2.75) is 57.1 Å². The quantitative estimate of drug-likeness (QED) is 0.810. The summed E-state index contributed by atoms with van der Waals surface area (Å²) in [4.78, 5) is 18.2. The third-order valence-electron chi connectivity index (χ3n) is 4.70. The van der Waals surface area contributed by atoms with Crippen LogP contribution < -0.4 is 16.2 Å². The van der Waals surface area contributed by atoms with E-state index < -0.39 is 9.84 Å². The van der Waals surface area contributed by atoms with Gasteiger partial charge in [-0.2, -0.15) is 0 Å². The summed E-state index contributed by atoms with van der Waals surface area (Å²) >= 11 is 0. The predicted molar refractivity (Wildman–Crippen MR) is 106 cm³/mol. The summed E-state index contributed by atoms with van der Waals surface area (Å²) in [6.07, 6.45) is 2.74. The van der Waals surface area contributed by atoms with E-state index in [1.807, 2.05) is 13.8 Å². The van der Waals surface area contributed by atoms with Gasteiger partial charge in [0.1, 0.15) is 0 Å². The van der Waals surface area contributed by atoms with Gasteiger partial charge in [-0.3, -0.25) is 4.79 Å². The largest absolute Gasteiger partial charge is 0.353 e. The van der Waals surface area contributed by atoms with E-state index in [1.54, 1.807) is 16.7 Å². The van der Waals surface area contributed by atoms with Crippen LogP contribution in [0.1, 0.15) is 38.4 Å². The minimum atomic E-state index is -3.29. The van der Waals surface area contributed by atoms with E-state index >= 15 is 0 Å². The Bertz CT molecular complexity index is 995. The molecule has 2 heterocycles. The van der Waals surface area contributed by atoms with Crippen LogP contribution in [0, 0.1) is 0 Å². The highest BCUT2D eigenvalue weighted by Crippen LogP contribution is 2.20. The molecule has 0 spiro atoms. The monoisotopic (exact) mass is 390 g/mol. The van der Waals surface area contributed by atoms with Crippen LogP contribution in [0.4, 0.5) is 5.95 Å². The number of hydrogen-bond acceptors (Lipinski definition) is 6. The fourth-order valence-electron chi connectivity index (χ4n) is 3.24. The first-order valence-electron chi connectivity index (χ1n) is 9.16. The molecule has 27 heavy (non-hydrogen) atoms. The molecule has 0 aliphatic carbocycles. The third-order valence-corrected chi connectivity index (χ3v) is 5.83. The zero-order chi connectivity index (χ0) is 19.8. The number of rotatable bonds is 5. The minimum Gasteiger partial charge on any atom is -0.353 e. The first-order chi connectivity index (χ1) is 12.7. The van der Waals surface area contributed by atoms with Crippen molar-refractivity contribution < 1.29 is 8.42 Å². The maximum atomic E-state index is 13.3. The number of anilines is 1. The summed E-state index contributed by atoms with van der Waals surface area (Å²) in [6.45, 7) is 6.62. The average molecular weight is 391 g/mol. The van der Waals surface area contributed by atoms with Gasteiger partial charge in [-0.15, -0.1) is 0 Å². The fourth-order valence-corrected chi connectivity index (χ4v) is 3.87. The van der Waals surface area contributed by atoms with Gasteiger partial charge >= 0.3 is 0 Å². The van der Waals surface area contributed by atoms with E-state index in [9.17, 15) is 13.2 Å². The van der Waals surface area contributed by atoms with Gasteiger partial charge in [-0.1, -0.05) is 6.92 Å². The number of nitrogens with zero attached hydrogens (tertiary/aromatic N) is 2. The topological polar surface area (TPSA) is 93.1 Å². The second kappa shape index (κ2) is 7.44. The van der Waals surface area contributed by atoms with Crippen molar-refractivity contribution in [2.75, 3.05) is 11.6 Å². The maximum Gasteiger partial charge on any atom is 0.263 e. The number of aromatic nitrogens is 2. The average Bonchev–Trinajstić information content (AvgIpc) is 2.61. The number of sulfone groups is 1. The van der Waals surface area contributed by atoms with Crippen molar-refractivity contribution in [3.63, 3.8) is 0 Å². The molecule has 0 bridgehead atoms. The molecule has 2 aromatic rings. The van der Waals surface area contributed by atoms with Gasteiger partial charge in [0.05, 0.1) is 16.3 Å². The van der Waals surface area contributed by atoms with Gasteiger partial charge in [-0.25, -0.2) is 18.0 Å². The Hall–Kier alpha value is -2.19. The highest BCUT2D eigenvalue weighted by molar-refractivity contribution is 7.90. The van der Waals surface area contributed by atoms with Crippen molar-refractivity contribution in [1.82, 2.24) is 14.9 Å². The van der Waals surface area contributed by atoms with Crippen LogP contribution in [-0.2, 0) is 22.8 Å². The second-order valence-electron chi connectivity index (χ2n) is 7.26. The standard InChI is InChI=1S/C19H26N4O3S/c1-5-13-10-16-17(11-20-13)22-19(21-12(2)3)23(18(16)24)14-6-8-15(9-7-14)27(4,25)26/h6-9,12-13,20H,5,10-11H2,1-4H3,(H,21,22). The third kappa shape index (κ3) is 4.06. The zero-order valence-corrected chi connectivity index (χ0v) is 16.9. The van der Waals surface area contributed by atoms with Gasteiger partial charge in [0.15, 0.2) is 9.84 Å². The lowest BCUT2D eigenvalue weighted by molar-refractivity contribution is 0.456. The summed E-state index contributed by atoms with van der Waals surface area (Å²) in [5.41, 5.74) is 1.99. The molecule has 1 atom stereocenters. The molecular formula is C19H26N4O3S. The summed E-state index contributed by atoms with van der Waals surface area (Å²) in [5, 5.41) is 6.65. The highest BCUT2D eigenvalue weighted by atomic mass is 32.2. The number of hydrogen-bond donors (Lipinski definition) is 2. The number of nitrogens with one attached hydrogen (secondary N) is 2. The molecular weight excluding hydrogens is 364 g/mol. The van der Waals surface area contributed by atoms with Crippen LogP contribution >= 0.6 is 0 Å². The Balaban J connectivity index is 2.16. The van der Waals surface area contributed by atoms with Crippen LogP contribution in [-0.4, -0.2) is 36.3 Å². The van der Waals surface area contributed by atoms with Crippen LogP contribution in [0.15, 0.2) is 34.0 Å². The molecule has 2 N–H and O–H groups in total. The molecule has 1 aromatic heterocycles. The van der Waals surface area contributed by atoms with E-state index in [-0.39, 0.29) is 22.5 Å².